The monoisotopic (exact) mass is 359 g/mol. The predicted molar refractivity (Wildman–Crippen MR) is 77.7 cm³/mol. The first-order valence-corrected chi connectivity index (χ1v) is 6.70. The molecule has 0 saturated carbocycles. The lowest BCUT2D eigenvalue weighted by atomic mass is 9.95. The highest BCUT2D eigenvalue weighted by Gasteiger charge is 2.31. The van der Waals surface area contributed by atoms with Gasteiger partial charge in [-0.05, 0) is 26.8 Å². The van der Waals surface area contributed by atoms with Crippen molar-refractivity contribution in [3.05, 3.63) is 32.3 Å². The zero-order chi connectivity index (χ0) is 16.4. The van der Waals surface area contributed by atoms with Crippen LogP contribution in [0.3, 0.4) is 0 Å². The van der Waals surface area contributed by atoms with Gasteiger partial charge < -0.3 is 9.84 Å². The van der Waals surface area contributed by atoms with Gasteiger partial charge in [-0.3, -0.25) is 19.7 Å². The van der Waals surface area contributed by atoms with E-state index in [0.29, 0.717) is 4.47 Å². The Labute approximate surface area is 129 Å². The van der Waals surface area contributed by atoms with Crippen molar-refractivity contribution >= 4 is 33.4 Å². The van der Waals surface area contributed by atoms with Crippen LogP contribution in [0.25, 0.3) is 0 Å². The number of carboxylic acids is 1. The largest absolute Gasteiger partial charge is 0.485 e. The summed E-state index contributed by atoms with van der Waals surface area (Å²) in [6, 6.07) is 2.61. The van der Waals surface area contributed by atoms with Crippen molar-refractivity contribution in [3.63, 3.8) is 0 Å². The number of ketones is 1. The fourth-order valence-corrected chi connectivity index (χ4v) is 1.89. The Morgan fingerprint density at radius 2 is 2.00 bits per heavy atom. The smallest absolute Gasteiger partial charge is 0.312 e. The van der Waals surface area contributed by atoms with Crippen LogP contribution in [0.1, 0.15) is 31.1 Å². The molecule has 0 heterocycles. The molecule has 114 valence electrons. The van der Waals surface area contributed by atoms with Gasteiger partial charge in [0.1, 0.15) is 6.61 Å². The van der Waals surface area contributed by atoms with E-state index in [2.05, 4.69) is 15.9 Å². The van der Waals surface area contributed by atoms with Crippen LogP contribution in [0.2, 0.25) is 0 Å². The minimum atomic E-state index is -1.24. The fraction of sp³-hybridized carbons (Fsp3) is 0.385. The molecular weight excluding hydrogens is 346 g/mol. The van der Waals surface area contributed by atoms with Crippen LogP contribution in [-0.2, 0) is 4.79 Å². The Hall–Kier alpha value is -1.96. The number of ether oxygens (including phenoxy) is 1. The third kappa shape index (κ3) is 4.01. The Bertz CT molecular complexity index is 576. The van der Waals surface area contributed by atoms with Gasteiger partial charge in [-0.15, -0.1) is 0 Å². The third-order valence-electron chi connectivity index (χ3n) is 2.77. The Kier molecular flexibility index (Phi) is 5.06. The summed E-state index contributed by atoms with van der Waals surface area (Å²) in [7, 11) is 0. The number of hydrogen-bond donors (Lipinski definition) is 1. The number of hydrogen-bond acceptors (Lipinski definition) is 5. The number of nitro groups is 1. The van der Waals surface area contributed by atoms with Gasteiger partial charge in [-0.1, -0.05) is 15.9 Å². The van der Waals surface area contributed by atoms with E-state index in [9.17, 15) is 19.7 Å². The fourth-order valence-electron chi connectivity index (χ4n) is 1.44. The van der Waals surface area contributed by atoms with Crippen molar-refractivity contribution in [2.75, 3.05) is 6.61 Å². The molecule has 0 spiro atoms. The molecule has 0 radical (unpaired) electrons. The highest BCUT2D eigenvalue weighted by Crippen LogP contribution is 2.36. The molecule has 0 aromatic heterocycles. The van der Waals surface area contributed by atoms with Gasteiger partial charge in [0.15, 0.2) is 5.78 Å². The highest BCUT2D eigenvalue weighted by atomic mass is 79.9. The number of rotatable bonds is 6. The Balaban J connectivity index is 3.29. The maximum absolute atomic E-state index is 11.6. The van der Waals surface area contributed by atoms with Crippen molar-refractivity contribution in [2.24, 2.45) is 5.41 Å². The number of benzene rings is 1. The molecule has 0 aliphatic heterocycles. The SMILES string of the molecule is CC(=O)c1cc(Br)cc([N+](=O)[O-])c1OCC(C)(C)C(=O)O. The van der Waals surface area contributed by atoms with Gasteiger partial charge in [0.25, 0.3) is 0 Å². The summed E-state index contributed by atoms with van der Waals surface area (Å²) in [6.45, 7) is 3.80. The first kappa shape index (κ1) is 17.1. The molecule has 0 saturated heterocycles. The number of halogens is 1. The summed E-state index contributed by atoms with van der Waals surface area (Å²) in [5.74, 6) is -1.74. The number of aliphatic carboxylic acids is 1. The number of Topliss-reactive ketones (excluding diaryl/α,β-unsaturated/α-hetero) is 1. The second-order valence-electron chi connectivity index (χ2n) is 5.09. The molecule has 0 aliphatic rings. The van der Waals surface area contributed by atoms with Gasteiger partial charge in [-0.25, -0.2) is 0 Å². The summed E-state index contributed by atoms with van der Waals surface area (Å²) in [5, 5.41) is 20.1. The lowest BCUT2D eigenvalue weighted by Gasteiger charge is -2.20. The molecule has 0 aliphatic carbocycles. The molecule has 1 aromatic carbocycles. The first-order chi connectivity index (χ1) is 9.56. The maximum atomic E-state index is 11.6. The van der Waals surface area contributed by atoms with E-state index in [4.69, 9.17) is 9.84 Å². The summed E-state index contributed by atoms with van der Waals surface area (Å²) in [4.78, 5) is 33.1. The van der Waals surface area contributed by atoms with Crippen molar-refractivity contribution < 1.29 is 24.4 Å². The van der Waals surface area contributed by atoms with Gasteiger partial charge in [0.05, 0.1) is 15.9 Å². The topological polar surface area (TPSA) is 107 Å². The third-order valence-corrected chi connectivity index (χ3v) is 3.22. The Morgan fingerprint density at radius 1 is 1.43 bits per heavy atom. The quantitative estimate of drug-likeness (QED) is 0.475. The van der Waals surface area contributed by atoms with E-state index in [0.717, 1.165) is 0 Å². The maximum Gasteiger partial charge on any atom is 0.312 e. The molecule has 0 unspecified atom stereocenters. The van der Waals surface area contributed by atoms with Crippen LogP contribution in [0.15, 0.2) is 16.6 Å². The van der Waals surface area contributed by atoms with Crippen molar-refractivity contribution in [2.45, 2.75) is 20.8 Å². The van der Waals surface area contributed by atoms with E-state index in [1.54, 1.807) is 0 Å². The van der Waals surface area contributed by atoms with E-state index >= 15 is 0 Å². The lowest BCUT2D eigenvalue weighted by molar-refractivity contribution is -0.386. The number of carbonyl (C=O) groups is 2. The van der Waals surface area contributed by atoms with Crippen LogP contribution in [0.5, 0.6) is 5.75 Å². The first-order valence-electron chi connectivity index (χ1n) is 5.91. The standard InChI is InChI=1S/C13H14BrNO6/c1-7(16)9-4-8(14)5-10(15(19)20)11(9)21-6-13(2,3)12(17)18/h4-5H,6H2,1-3H3,(H,17,18). The van der Waals surface area contributed by atoms with E-state index < -0.39 is 27.8 Å². The molecule has 0 fully saturated rings. The summed E-state index contributed by atoms with van der Waals surface area (Å²) >= 11 is 3.09. The van der Waals surface area contributed by atoms with Gasteiger partial charge in [-0.2, -0.15) is 0 Å². The van der Waals surface area contributed by atoms with Crippen LogP contribution in [0, 0.1) is 15.5 Å². The molecule has 21 heavy (non-hydrogen) atoms. The summed E-state index contributed by atoms with van der Waals surface area (Å²) < 4.78 is 5.67. The van der Waals surface area contributed by atoms with Gasteiger partial charge >= 0.3 is 11.7 Å². The molecule has 7 nitrogen and oxygen atoms in total. The average molecular weight is 360 g/mol. The average Bonchev–Trinajstić information content (AvgIpc) is 2.35. The van der Waals surface area contributed by atoms with Crippen LogP contribution in [-0.4, -0.2) is 28.4 Å². The lowest BCUT2D eigenvalue weighted by Crippen LogP contribution is -2.31. The summed E-state index contributed by atoms with van der Waals surface area (Å²) in [6.07, 6.45) is 0. The van der Waals surface area contributed by atoms with Crippen molar-refractivity contribution in [1.82, 2.24) is 0 Å². The summed E-state index contributed by atoms with van der Waals surface area (Å²) in [5.41, 5.74) is -1.61. The molecule has 0 amide bonds. The van der Waals surface area contributed by atoms with Crippen molar-refractivity contribution in [1.29, 1.82) is 0 Å². The van der Waals surface area contributed by atoms with Crippen LogP contribution >= 0.6 is 15.9 Å². The van der Waals surface area contributed by atoms with Gasteiger partial charge in [0, 0.05) is 10.5 Å². The zero-order valence-corrected chi connectivity index (χ0v) is 13.3. The zero-order valence-electron chi connectivity index (χ0n) is 11.7. The molecule has 1 N–H and O–H groups in total. The van der Waals surface area contributed by atoms with Crippen molar-refractivity contribution in [3.8, 4) is 5.75 Å². The van der Waals surface area contributed by atoms with E-state index in [-0.39, 0.29) is 17.9 Å². The number of nitro benzene ring substituents is 1. The van der Waals surface area contributed by atoms with E-state index in [1.165, 1.54) is 32.9 Å². The van der Waals surface area contributed by atoms with Gasteiger partial charge in [0.2, 0.25) is 5.75 Å². The number of carbonyl (C=O) groups excluding carboxylic acids is 1. The number of nitrogens with zero attached hydrogens (tertiary/aromatic N) is 1. The molecule has 0 atom stereocenters. The molecule has 1 aromatic rings. The minimum Gasteiger partial charge on any atom is -0.485 e. The second-order valence-corrected chi connectivity index (χ2v) is 6.01. The van der Waals surface area contributed by atoms with Crippen LogP contribution in [0.4, 0.5) is 5.69 Å². The minimum absolute atomic E-state index is 0.0252. The normalized spacial score (nSPS) is 11.0. The highest BCUT2D eigenvalue weighted by molar-refractivity contribution is 9.10. The molecule has 8 heteroatoms. The number of carboxylic acid groups (broad SMARTS) is 1. The molecule has 1 rings (SSSR count). The predicted octanol–water partition coefficient (Wildman–Crippen LogP) is 3.05. The van der Waals surface area contributed by atoms with Crippen LogP contribution < -0.4 is 4.74 Å². The van der Waals surface area contributed by atoms with E-state index in [1.807, 2.05) is 0 Å². The molecule has 0 bridgehead atoms. The molecular formula is C13H14BrNO6. The Morgan fingerprint density at radius 3 is 2.43 bits per heavy atom. The second kappa shape index (κ2) is 6.21.